The molecule has 1 saturated heterocycles. The summed E-state index contributed by atoms with van der Waals surface area (Å²) in [5, 5.41) is 23.7. The van der Waals surface area contributed by atoms with Gasteiger partial charge < -0.3 is 25.8 Å². The third-order valence-electron chi connectivity index (χ3n) is 7.30. The number of hydrogen-bond donors (Lipinski definition) is 4. The Morgan fingerprint density at radius 1 is 1.19 bits per heavy atom. The lowest BCUT2D eigenvalue weighted by atomic mass is 9.86. The highest BCUT2D eigenvalue weighted by molar-refractivity contribution is 6.00. The zero-order valence-electron chi connectivity index (χ0n) is 20.4. The number of fused-ring (bicyclic) bond motifs is 2. The largest absolute Gasteiger partial charge is 0.395 e. The molecule has 1 aliphatic carbocycles. The number of carbonyl (C=O) groups is 2. The van der Waals surface area contributed by atoms with E-state index in [2.05, 4.69) is 16.1 Å². The van der Waals surface area contributed by atoms with Crippen LogP contribution in [0.25, 0.3) is 28.0 Å². The minimum Gasteiger partial charge on any atom is -0.395 e. The van der Waals surface area contributed by atoms with Crippen molar-refractivity contribution in [3.63, 3.8) is 0 Å². The van der Waals surface area contributed by atoms with Gasteiger partial charge >= 0.3 is 0 Å². The summed E-state index contributed by atoms with van der Waals surface area (Å²) in [5.74, 6) is -0.301. The van der Waals surface area contributed by atoms with Gasteiger partial charge in [-0.2, -0.15) is 9.61 Å². The summed E-state index contributed by atoms with van der Waals surface area (Å²) < 4.78 is 1.51. The molecule has 188 valence electrons. The maximum Gasteiger partial charge on any atom is 0.233 e. The molecule has 4 heterocycles. The lowest BCUT2D eigenvalue weighted by Crippen LogP contribution is -2.49. The van der Waals surface area contributed by atoms with Crippen molar-refractivity contribution in [1.29, 1.82) is 0 Å². The fraction of sp³-hybridized carbons (Fsp3) is 0.385. The van der Waals surface area contributed by atoms with Crippen molar-refractivity contribution in [2.75, 3.05) is 32.0 Å². The number of H-pyrrole nitrogens is 1. The minimum atomic E-state index is -1.22. The number of hydrogen-bond acceptors (Lipinski definition) is 7. The molecule has 1 fully saturated rings. The number of pyridine rings is 1. The lowest BCUT2D eigenvalue weighted by Gasteiger charge is -2.37. The molecular weight excluding hydrogens is 460 g/mol. The number of Topliss-reactive ketones (excluding diaryl/α,β-unsaturated/α-hetero) is 1. The van der Waals surface area contributed by atoms with Crippen molar-refractivity contribution in [3.05, 3.63) is 47.9 Å². The van der Waals surface area contributed by atoms with Gasteiger partial charge in [0.1, 0.15) is 5.82 Å². The summed E-state index contributed by atoms with van der Waals surface area (Å²) in [4.78, 5) is 35.4. The van der Waals surface area contributed by atoms with Gasteiger partial charge in [0.05, 0.1) is 36.1 Å². The molecule has 2 aliphatic heterocycles. The Morgan fingerprint density at radius 2 is 1.92 bits per heavy atom. The van der Waals surface area contributed by atoms with Crippen molar-refractivity contribution in [3.8, 4) is 22.4 Å². The highest BCUT2D eigenvalue weighted by atomic mass is 16.3. The Labute approximate surface area is 208 Å². The number of carbonyl (C=O) groups excluding carboxylic acids is 2. The van der Waals surface area contributed by atoms with Crippen LogP contribution in [-0.4, -0.2) is 72.7 Å². The van der Waals surface area contributed by atoms with Crippen LogP contribution in [-0.2, 0) is 4.79 Å². The molecule has 10 heteroatoms. The predicted molar refractivity (Wildman–Crippen MR) is 135 cm³/mol. The highest BCUT2D eigenvalue weighted by Gasteiger charge is 2.38. The molecule has 5 rings (SSSR count). The summed E-state index contributed by atoms with van der Waals surface area (Å²) in [6.07, 6.45) is 4.77. The van der Waals surface area contributed by atoms with Gasteiger partial charge in [0, 0.05) is 42.0 Å². The molecule has 0 atom stereocenters. The normalized spacial score (nSPS) is 15.2. The number of rotatable bonds is 6. The van der Waals surface area contributed by atoms with Crippen molar-refractivity contribution >= 4 is 23.2 Å². The Hall–Kier alpha value is -3.76. The van der Waals surface area contributed by atoms with E-state index in [-0.39, 0.29) is 23.4 Å². The number of aliphatic hydroxyl groups excluding tert-OH is 2. The number of aromatic amines is 1. The zero-order valence-corrected chi connectivity index (χ0v) is 20.4. The second-order valence-electron chi connectivity index (χ2n) is 9.83. The van der Waals surface area contributed by atoms with Crippen LogP contribution < -0.4 is 5.73 Å². The number of nitrogens with one attached hydrogen (secondary N) is 1. The van der Waals surface area contributed by atoms with Gasteiger partial charge in [0.15, 0.2) is 11.4 Å². The fourth-order valence-electron chi connectivity index (χ4n) is 5.03. The average molecular weight is 491 g/mol. The van der Waals surface area contributed by atoms with Gasteiger partial charge in [0.25, 0.3) is 0 Å². The molecule has 0 aromatic carbocycles. The van der Waals surface area contributed by atoms with Crippen LogP contribution in [0.1, 0.15) is 48.7 Å². The highest BCUT2D eigenvalue weighted by Crippen LogP contribution is 2.36. The smallest absolute Gasteiger partial charge is 0.233 e. The van der Waals surface area contributed by atoms with Crippen LogP contribution in [0.15, 0.2) is 36.7 Å². The number of likely N-dealkylation sites (tertiary alicyclic amines) is 1. The third-order valence-corrected chi connectivity index (χ3v) is 7.30. The maximum absolute atomic E-state index is 12.9. The maximum atomic E-state index is 12.9. The molecule has 0 radical (unpaired) electrons. The van der Waals surface area contributed by atoms with Gasteiger partial charge in [-0.3, -0.25) is 9.59 Å². The number of nitrogens with two attached hydrogens (primary N) is 1. The van der Waals surface area contributed by atoms with Crippen LogP contribution in [0, 0.1) is 5.41 Å². The standard InChI is InChI=1S/C26H30N6O4/c1-15(35)21-22(16-6-8-31(9-7-16)25(36)26(2,13-33)14-34)30-24-19(12-29-32(24)23(21)27)18-10-17-4-3-5-20(17)28-11-18/h3-5,10-12,16,28,33-34H,6-9,13-14,27H2,1-2H3. The lowest BCUT2D eigenvalue weighted by molar-refractivity contribution is -0.147. The van der Waals surface area contributed by atoms with E-state index in [4.69, 9.17) is 10.7 Å². The first-order chi connectivity index (χ1) is 17.3. The zero-order chi connectivity index (χ0) is 25.6. The number of aliphatic hydroxyl groups is 2. The number of nitrogen functional groups attached to an aromatic ring is 1. The van der Waals surface area contributed by atoms with Gasteiger partial charge in [-0.25, -0.2) is 4.98 Å². The van der Waals surface area contributed by atoms with E-state index in [0.717, 1.165) is 22.4 Å². The molecule has 0 unspecified atom stereocenters. The van der Waals surface area contributed by atoms with E-state index in [9.17, 15) is 19.8 Å². The topological polar surface area (TPSA) is 150 Å². The summed E-state index contributed by atoms with van der Waals surface area (Å²) >= 11 is 0. The van der Waals surface area contributed by atoms with Crippen LogP contribution in [0.5, 0.6) is 0 Å². The molecule has 2 aromatic rings. The SMILES string of the molecule is CC(=O)c1c(C2CCN(C(=O)C(C)(CO)CO)CC2)nc2c(-c3c[nH]c4cccc-4c3)cnn2c1N. The van der Waals surface area contributed by atoms with E-state index >= 15 is 0 Å². The number of anilines is 1. The fourth-order valence-corrected chi connectivity index (χ4v) is 5.03. The van der Waals surface area contributed by atoms with E-state index in [1.54, 1.807) is 18.0 Å². The Kier molecular flexibility index (Phi) is 6.01. The monoisotopic (exact) mass is 490 g/mol. The average Bonchev–Trinajstić information content (AvgIpc) is 3.54. The molecule has 0 bridgehead atoms. The molecule has 36 heavy (non-hydrogen) atoms. The first-order valence-corrected chi connectivity index (χ1v) is 12.0. The van der Waals surface area contributed by atoms with Crippen molar-refractivity contribution in [1.82, 2.24) is 24.5 Å². The molecule has 0 spiro atoms. The number of aromatic nitrogens is 4. The minimum absolute atomic E-state index is 0.0818. The molecule has 2 aromatic heterocycles. The second-order valence-corrected chi connectivity index (χ2v) is 9.83. The number of ketones is 1. The van der Waals surface area contributed by atoms with Crippen LogP contribution in [0.4, 0.5) is 5.82 Å². The second kappa shape index (κ2) is 9.03. The van der Waals surface area contributed by atoms with Gasteiger partial charge in [-0.05, 0) is 44.4 Å². The molecule has 10 nitrogen and oxygen atoms in total. The summed E-state index contributed by atoms with van der Waals surface area (Å²) in [7, 11) is 0. The van der Waals surface area contributed by atoms with Crippen molar-refractivity contribution < 1.29 is 19.8 Å². The van der Waals surface area contributed by atoms with E-state index < -0.39 is 18.6 Å². The van der Waals surface area contributed by atoms with Crippen LogP contribution in [0.2, 0.25) is 0 Å². The third kappa shape index (κ3) is 3.82. The summed E-state index contributed by atoms with van der Waals surface area (Å²) in [6.45, 7) is 3.03. The van der Waals surface area contributed by atoms with E-state index in [1.807, 2.05) is 24.4 Å². The van der Waals surface area contributed by atoms with E-state index in [0.29, 0.717) is 42.8 Å². The quantitative estimate of drug-likeness (QED) is 0.303. The Balaban J connectivity index is 1.52. The Morgan fingerprint density at radius 3 is 2.58 bits per heavy atom. The first-order valence-electron chi connectivity index (χ1n) is 12.0. The number of nitrogens with zero attached hydrogens (tertiary/aromatic N) is 4. The first kappa shape index (κ1) is 24.0. The van der Waals surface area contributed by atoms with Crippen molar-refractivity contribution in [2.24, 2.45) is 5.41 Å². The molecule has 0 saturated carbocycles. The van der Waals surface area contributed by atoms with Gasteiger partial charge in [-0.15, -0.1) is 0 Å². The molecular formula is C26H30N6O4. The van der Waals surface area contributed by atoms with Crippen molar-refractivity contribution in [2.45, 2.75) is 32.6 Å². The van der Waals surface area contributed by atoms with Gasteiger partial charge in [-0.1, -0.05) is 12.1 Å². The summed E-state index contributed by atoms with van der Waals surface area (Å²) in [5.41, 5.74) is 10.6. The van der Waals surface area contributed by atoms with E-state index in [1.165, 1.54) is 11.4 Å². The number of amides is 1. The Bertz CT molecular complexity index is 1410. The molecule has 5 N–H and O–H groups in total. The molecule has 1 amide bonds. The summed E-state index contributed by atoms with van der Waals surface area (Å²) in [6, 6.07) is 8.07. The van der Waals surface area contributed by atoms with Crippen LogP contribution >= 0.6 is 0 Å². The van der Waals surface area contributed by atoms with Crippen LogP contribution in [0.3, 0.4) is 0 Å². The number of piperidine rings is 1. The van der Waals surface area contributed by atoms with Gasteiger partial charge in [0.2, 0.25) is 5.91 Å². The predicted octanol–water partition coefficient (Wildman–Crippen LogP) is 2.31. The molecule has 3 aliphatic rings.